The molecule has 0 atom stereocenters. The van der Waals surface area contributed by atoms with Crippen molar-refractivity contribution in [1.82, 2.24) is 14.8 Å². The van der Waals surface area contributed by atoms with E-state index in [0.717, 1.165) is 58.8 Å². The Morgan fingerprint density at radius 1 is 1.10 bits per heavy atom. The molecule has 2 heterocycles. The zero-order chi connectivity index (χ0) is 21.6. The van der Waals surface area contributed by atoms with Crippen LogP contribution in [0.2, 0.25) is 0 Å². The lowest BCUT2D eigenvalue weighted by Gasteiger charge is -2.10. The standard InChI is InChI=1S/C24H26N4OS2/c1-3-8-19-14-18(15-30-19)23-26-27-24(28(23)13-4-2)31-16-22(29)25-21-12-7-10-17-9-5-6-11-20(17)21/h5-7,9-12,14-15H,3-4,8,13,16H2,1-2H3,(H,25,29). The molecular weight excluding hydrogens is 424 g/mol. The summed E-state index contributed by atoms with van der Waals surface area (Å²) in [6.45, 7) is 5.16. The van der Waals surface area contributed by atoms with Gasteiger partial charge < -0.3 is 9.88 Å². The molecule has 160 valence electrons. The van der Waals surface area contributed by atoms with Crippen LogP contribution < -0.4 is 5.32 Å². The molecule has 5 nitrogen and oxygen atoms in total. The van der Waals surface area contributed by atoms with Gasteiger partial charge in [-0.1, -0.05) is 68.4 Å². The minimum absolute atomic E-state index is 0.0466. The van der Waals surface area contributed by atoms with E-state index >= 15 is 0 Å². The number of anilines is 1. The Labute approximate surface area is 190 Å². The minimum Gasteiger partial charge on any atom is -0.325 e. The number of thiophene rings is 1. The summed E-state index contributed by atoms with van der Waals surface area (Å²) in [7, 11) is 0. The molecule has 2 aromatic heterocycles. The minimum atomic E-state index is -0.0466. The van der Waals surface area contributed by atoms with Crippen molar-refractivity contribution in [3.05, 3.63) is 58.8 Å². The fraction of sp³-hybridized carbons (Fsp3) is 0.292. The molecular formula is C24H26N4OS2. The number of aromatic nitrogens is 3. The number of rotatable bonds is 9. The van der Waals surface area contributed by atoms with Gasteiger partial charge in [-0.05, 0) is 30.4 Å². The van der Waals surface area contributed by atoms with Gasteiger partial charge >= 0.3 is 0 Å². The normalized spacial score (nSPS) is 11.2. The second-order valence-electron chi connectivity index (χ2n) is 7.37. The van der Waals surface area contributed by atoms with Gasteiger partial charge in [0.1, 0.15) is 0 Å². The summed E-state index contributed by atoms with van der Waals surface area (Å²) in [4.78, 5) is 14.0. The SMILES string of the molecule is CCCc1cc(-c2nnc(SCC(=O)Nc3cccc4ccccc34)n2CCC)cs1. The first kappa shape index (κ1) is 21.6. The maximum Gasteiger partial charge on any atom is 0.234 e. The van der Waals surface area contributed by atoms with E-state index in [-0.39, 0.29) is 11.7 Å². The predicted octanol–water partition coefficient (Wildman–Crippen LogP) is 6.25. The topological polar surface area (TPSA) is 59.8 Å². The highest BCUT2D eigenvalue weighted by Gasteiger charge is 2.16. The predicted molar refractivity (Wildman–Crippen MR) is 131 cm³/mol. The zero-order valence-corrected chi connectivity index (χ0v) is 19.4. The summed E-state index contributed by atoms with van der Waals surface area (Å²) < 4.78 is 2.13. The van der Waals surface area contributed by atoms with E-state index in [9.17, 15) is 4.79 Å². The highest BCUT2D eigenvalue weighted by Crippen LogP contribution is 2.29. The smallest absolute Gasteiger partial charge is 0.234 e. The monoisotopic (exact) mass is 450 g/mol. The third-order valence-corrected chi connectivity index (χ3v) is 6.93. The van der Waals surface area contributed by atoms with Crippen molar-refractivity contribution in [2.75, 3.05) is 11.1 Å². The fourth-order valence-corrected chi connectivity index (χ4v) is 5.29. The Balaban J connectivity index is 1.47. The molecule has 0 unspecified atom stereocenters. The molecule has 1 N–H and O–H groups in total. The molecule has 0 saturated heterocycles. The van der Waals surface area contributed by atoms with Crippen molar-refractivity contribution in [2.45, 2.75) is 44.8 Å². The first-order chi connectivity index (χ1) is 15.2. The number of hydrogen-bond acceptors (Lipinski definition) is 5. The largest absolute Gasteiger partial charge is 0.325 e. The molecule has 2 aromatic carbocycles. The number of carbonyl (C=O) groups is 1. The van der Waals surface area contributed by atoms with Crippen molar-refractivity contribution < 1.29 is 4.79 Å². The summed E-state index contributed by atoms with van der Waals surface area (Å²) in [5, 5.41) is 17.0. The van der Waals surface area contributed by atoms with Gasteiger partial charge in [0.25, 0.3) is 0 Å². The Bertz CT molecular complexity index is 1180. The van der Waals surface area contributed by atoms with Crippen LogP contribution in [0.5, 0.6) is 0 Å². The average Bonchev–Trinajstić information content (AvgIpc) is 3.40. The van der Waals surface area contributed by atoms with Gasteiger partial charge in [0.15, 0.2) is 11.0 Å². The maximum atomic E-state index is 12.7. The van der Waals surface area contributed by atoms with Crippen molar-refractivity contribution in [3.8, 4) is 11.4 Å². The Morgan fingerprint density at radius 2 is 1.94 bits per heavy atom. The van der Waals surface area contributed by atoms with E-state index in [0.29, 0.717) is 0 Å². The van der Waals surface area contributed by atoms with Gasteiger partial charge in [0.05, 0.1) is 5.75 Å². The number of benzene rings is 2. The van der Waals surface area contributed by atoms with Gasteiger partial charge in [-0.2, -0.15) is 0 Å². The number of nitrogens with zero attached hydrogens (tertiary/aromatic N) is 3. The number of amides is 1. The highest BCUT2D eigenvalue weighted by atomic mass is 32.2. The van der Waals surface area contributed by atoms with Gasteiger partial charge in [-0.15, -0.1) is 21.5 Å². The van der Waals surface area contributed by atoms with Crippen LogP contribution in [0.3, 0.4) is 0 Å². The maximum absolute atomic E-state index is 12.7. The van der Waals surface area contributed by atoms with Gasteiger partial charge in [-0.3, -0.25) is 4.79 Å². The van der Waals surface area contributed by atoms with Crippen LogP contribution in [0.15, 0.2) is 59.1 Å². The third kappa shape index (κ3) is 4.99. The Hall–Kier alpha value is -2.64. The number of thioether (sulfide) groups is 1. The van der Waals surface area contributed by atoms with E-state index in [1.807, 2.05) is 42.5 Å². The molecule has 0 aliphatic rings. The van der Waals surface area contributed by atoms with E-state index in [1.165, 1.54) is 16.6 Å². The second kappa shape index (κ2) is 10.1. The van der Waals surface area contributed by atoms with E-state index < -0.39 is 0 Å². The summed E-state index contributed by atoms with van der Waals surface area (Å²) in [6.07, 6.45) is 3.20. The van der Waals surface area contributed by atoms with Crippen LogP contribution in [0.1, 0.15) is 31.6 Å². The van der Waals surface area contributed by atoms with Crippen LogP contribution in [-0.4, -0.2) is 26.4 Å². The molecule has 0 saturated carbocycles. The fourth-order valence-electron chi connectivity index (χ4n) is 3.56. The molecule has 0 aliphatic carbocycles. The molecule has 31 heavy (non-hydrogen) atoms. The average molecular weight is 451 g/mol. The number of hydrogen-bond donors (Lipinski definition) is 1. The van der Waals surface area contributed by atoms with Crippen molar-refractivity contribution in [2.24, 2.45) is 0 Å². The molecule has 0 fully saturated rings. The van der Waals surface area contributed by atoms with Crippen LogP contribution >= 0.6 is 23.1 Å². The number of aryl methyl sites for hydroxylation is 1. The lowest BCUT2D eigenvalue weighted by atomic mass is 10.1. The van der Waals surface area contributed by atoms with Crippen molar-refractivity contribution in [1.29, 1.82) is 0 Å². The molecule has 0 aliphatic heterocycles. The van der Waals surface area contributed by atoms with E-state index in [1.54, 1.807) is 11.3 Å². The molecule has 4 rings (SSSR count). The zero-order valence-electron chi connectivity index (χ0n) is 17.8. The number of nitrogens with one attached hydrogen (secondary N) is 1. The van der Waals surface area contributed by atoms with E-state index in [4.69, 9.17) is 0 Å². The summed E-state index contributed by atoms with van der Waals surface area (Å²) in [5.74, 6) is 1.13. The Morgan fingerprint density at radius 3 is 2.77 bits per heavy atom. The molecule has 7 heteroatoms. The van der Waals surface area contributed by atoms with Crippen LogP contribution in [0.4, 0.5) is 5.69 Å². The summed E-state index contributed by atoms with van der Waals surface area (Å²) >= 11 is 3.21. The lowest BCUT2D eigenvalue weighted by molar-refractivity contribution is -0.113. The highest BCUT2D eigenvalue weighted by molar-refractivity contribution is 7.99. The number of fused-ring (bicyclic) bond motifs is 1. The van der Waals surface area contributed by atoms with Crippen LogP contribution in [0.25, 0.3) is 22.2 Å². The van der Waals surface area contributed by atoms with Crippen molar-refractivity contribution in [3.63, 3.8) is 0 Å². The van der Waals surface area contributed by atoms with Crippen LogP contribution in [0, 0.1) is 0 Å². The first-order valence-electron chi connectivity index (χ1n) is 10.6. The van der Waals surface area contributed by atoms with Gasteiger partial charge in [-0.25, -0.2) is 0 Å². The molecule has 4 aromatic rings. The first-order valence-corrected chi connectivity index (χ1v) is 12.5. The Kier molecular flexibility index (Phi) is 7.04. The summed E-state index contributed by atoms with van der Waals surface area (Å²) in [5.41, 5.74) is 1.95. The van der Waals surface area contributed by atoms with Gasteiger partial charge in [0, 0.05) is 33.4 Å². The molecule has 1 amide bonds. The third-order valence-electron chi connectivity index (χ3n) is 4.97. The van der Waals surface area contributed by atoms with Crippen LogP contribution in [-0.2, 0) is 17.8 Å². The molecule has 0 radical (unpaired) electrons. The second-order valence-corrected chi connectivity index (χ2v) is 9.31. The quantitative estimate of drug-likeness (QED) is 0.306. The van der Waals surface area contributed by atoms with E-state index in [2.05, 4.69) is 45.4 Å². The summed E-state index contributed by atoms with van der Waals surface area (Å²) in [6, 6.07) is 16.2. The lowest BCUT2D eigenvalue weighted by Crippen LogP contribution is -2.15. The van der Waals surface area contributed by atoms with Gasteiger partial charge in [0.2, 0.25) is 5.91 Å². The van der Waals surface area contributed by atoms with Crippen molar-refractivity contribution >= 4 is 45.5 Å². The molecule has 0 spiro atoms. The number of carbonyl (C=O) groups excluding carboxylic acids is 1. The molecule has 0 bridgehead atoms.